The third-order valence-electron chi connectivity index (χ3n) is 2.80. The van der Waals surface area contributed by atoms with Crippen molar-refractivity contribution in [2.24, 2.45) is 11.1 Å². The normalized spacial score (nSPS) is 14.2. The summed E-state index contributed by atoms with van der Waals surface area (Å²) in [6.07, 6.45) is 4.13. The molecule has 1 atom stereocenters. The number of nitrogens with two attached hydrogens (primary N) is 1. The number of aromatic nitrogens is 4. The highest BCUT2D eigenvalue weighted by atomic mass is 15.3. The molecule has 0 aliphatic heterocycles. The number of rotatable bonds is 2. The molecule has 2 heterocycles. The topological polar surface area (TPSA) is 69.1 Å². The molecule has 0 radical (unpaired) electrons. The van der Waals surface area contributed by atoms with Crippen molar-refractivity contribution in [3.63, 3.8) is 0 Å². The van der Waals surface area contributed by atoms with E-state index in [9.17, 15) is 0 Å². The molecule has 5 nitrogen and oxygen atoms in total. The van der Waals surface area contributed by atoms with Gasteiger partial charge in [-0.3, -0.25) is 4.40 Å². The summed E-state index contributed by atoms with van der Waals surface area (Å²) in [6.45, 7) is 6.37. The molecule has 5 heteroatoms. The zero-order chi connectivity index (χ0) is 11.8. The molecule has 2 aromatic heterocycles. The Balaban J connectivity index is 2.28. The monoisotopic (exact) mass is 219 g/mol. The Labute approximate surface area is 94.7 Å². The van der Waals surface area contributed by atoms with E-state index in [1.54, 1.807) is 12.5 Å². The summed E-state index contributed by atoms with van der Waals surface area (Å²) < 4.78 is 1.88. The lowest BCUT2D eigenvalue weighted by Gasteiger charge is -2.26. The van der Waals surface area contributed by atoms with Crippen molar-refractivity contribution in [2.45, 2.75) is 33.2 Å². The van der Waals surface area contributed by atoms with Crippen LogP contribution in [0.25, 0.3) is 5.65 Å². The predicted octanol–water partition coefficient (Wildman–Crippen LogP) is 1.04. The van der Waals surface area contributed by atoms with Crippen molar-refractivity contribution in [1.29, 1.82) is 0 Å². The minimum atomic E-state index is 0.0557. The molecule has 0 aliphatic carbocycles. The van der Waals surface area contributed by atoms with E-state index in [0.717, 1.165) is 11.5 Å². The first kappa shape index (κ1) is 11.0. The molecule has 0 bridgehead atoms. The molecule has 2 N–H and O–H groups in total. The van der Waals surface area contributed by atoms with E-state index in [1.165, 1.54) is 0 Å². The molecule has 0 fully saturated rings. The van der Waals surface area contributed by atoms with Crippen LogP contribution in [0.3, 0.4) is 0 Å². The summed E-state index contributed by atoms with van der Waals surface area (Å²) >= 11 is 0. The highest BCUT2D eigenvalue weighted by Crippen LogP contribution is 2.20. The molecular formula is C11H17N5. The Morgan fingerprint density at radius 2 is 2.12 bits per heavy atom. The van der Waals surface area contributed by atoms with Crippen LogP contribution in [0.2, 0.25) is 0 Å². The summed E-state index contributed by atoms with van der Waals surface area (Å²) in [5, 5.41) is 8.21. The molecule has 2 rings (SSSR count). The van der Waals surface area contributed by atoms with Crippen LogP contribution in [0, 0.1) is 5.41 Å². The van der Waals surface area contributed by atoms with Gasteiger partial charge in [0.15, 0.2) is 5.65 Å². The third kappa shape index (κ3) is 2.04. The van der Waals surface area contributed by atoms with Crippen LogP contribution in [0.15, 0.2) is 18.6 Å². The van der Waals surface area contributed by atoms with Gasteiger partial charge in [0.25, 0.3) is 0 Å². The lowest BCUT2D eigenvalue weighted by molar-refractivity contribution is 0.314. The van der Waals surface area contributed by atoms with Crippen LogP contribution in [-0.4, -0.2) is 25.6 Å². The fourth-order valence-corrected chi connectivity index (χ4v) is 1.43. The van der Waals surface area contributed by atoms with Gasteiger partial charge in [-0.25, -0.2) is 4.98 Å². The van der Waals surface area contributed by atoms with E-state index >= 15 is 0 Å². The lowest BCUT2D eigenvalue weighted by atomic mass is 9.85. The van der Waals surface area contributed by atoms with Gasteiger partial charge >= 0.3 is 0 Å². The average molecular weight is 219 g/mol. The van der Waals surface area contributed by atoms with Gasteiger partial charge in [0.1, 0.15) is 12.2 Å². The lowest BCUT2D eigenvalue weighted by Crippen LogP contribution is -2.37. The van der Waals surface area contributed by atoms with E-state index < -0.39 is 0 Å². The smallest absolute Gasteiger partial charge is 0.163 e. The highest BCUT2D eigenvalue weighted by molar-refractivity contribution is 5.35. The van der Waals surface area contributed by atoms with E-state index in [4.69, 9.17) is 5.73 Å². The van der Waals surface area contributed by atoms with Crippen molar-refractivity contribution in [3.05, 3.63) is 24.4 Å². The van der Waals surface area contributed by atoms with E-state index in [1.807, 2.05) is 10.5 Å². The Morgan fingerprint density at radius 3 is 2.81 bits per heavy atom. The van der Waals surface area contributed by atoms with Gasteiger partial charge in [-0.15, -0.1) is 10.2 Å². The molecule has 2 aromatic rings. The van der Waals surface area contributed by atoms with Crippen LogP contribution in [-0.2, 0) is 6.42 Å². The molecule has 1 unspecified atom stereocenters. The zero-order valence-corrected chi connectivity index (χ0v) is 9.88. The minimum Gasteiger partial charge on any atom is -0.327 e. The average Bonchev–Trinajstić information content (AvgIpc) is 2.61. The number of hydrogen-bond acceptors (Lipinski definition) is 4. The molecule has 0 spiro atoms. The van der Waals surface area contributed by atoms with Gasteiger partial charge in [-0.1, -0.05) is 20.8 Å². The van der Waals surface area contributed by atoms with Crippen LogP contribution >= 0.6 is 0 Å². The van der Waals surface area contributed by atoms with E-state index in [-0.39, 0.29) is 11.5 Å². The number of hydrogen-bond donors (Lipinski definition) is 1. The highest BCUT2D eigenvalue weighted by Gasteiger charge is 2.22. The molecule has 0 aromatic carbocycles. The SMILES string of the molecule is CC(C)(C)C(N)Cc1nnc2ccncn12. The maximum atomic E-state index is 6.13. The molecule has 0 aliphatic rings. The molecule has 0 amide bonds. The van der Waals surface area contributed by atoms with Gasteiger partial charge in [-0.05, 0) is 5.41 Å². The second kappa shape index (κ2) is 3.83. The maximum absolute atomic E-state index is 6.13. The van der Waals surface area contributed by atoms with Crippen LogP contribution in [0.4, 0.5) is 0 Å². The minimum absolute atomic E-state index is 0.0557. The van der Waals surface area contributed by atoms with Crippen molar-refractivity contribution in [1.82, 2.24) is 19.6 Å². The molecule has 86 valence electrons. The van der Waals surface area contributed by atoms with Gasteiger partial charge in [-0.2, -0.15) is 0 Å². The van der Waals surface area contributed by atoms with Crippen molar-refractivity contribution in [2.75, 3.05) is 0 Å². The Kier molecular flexibility index (Phi) is 2.63. The predicted molar refractivity (Wildman–Crippen MR) is 61.9 cm³/mol. The van der Waals surface area contributed by atoms with Gasteiger partial charge in [0, 0.05) is 24.7 Å². The Morgan fingerprint density at radius 1 is 1.38 bits per heavy atom. The summed E-state index contributed by atoms with van der Waals surface area (Å²) in [5.41, 5.74) is 7.01. The molecule has 0 saturated carbocycles. The van der Waals surface area contributed by atoms with E-state index in [2.05, 4.69) is 36.0 Å². The Bertz CT molecular complexity index is 482. The zero-order valence-electron chi connectivity index (χ0n) is 9.88. The molecule has 16 heavy (non-hydrogen) atoms. The van der Waals surface area contributed by atoms with E-state index in [0.29, 0.717) is 6.42 Å². The van der Waals surface area contributed by atoms with Crippen molar-refractivity contribution >= 4 is 5.65 Å². The fourth-order valence-electron chi connectivity index (χ4n) is 1.43. The summed E-state index contributed by atoms with van der Waals surface area (Å²) in [4.78, 5) is 4.06. The number of fused-ring (bicyclic) bond motifs is 1. The summed E-state index contributed by atoms with van der Waals surface area (Å²) in [5.74, 6) is 0.866. The third-order valence-corrected chi connectivity index (χ3v) is 2.80. The van der Waals surface area contributed by atoms with Crippen molar-refractivity contribution < 1.29 is 0 Å². The quantitative estimate of drug-likeness (QED) is 0.819. The fraction of sp³-hybridized carbons (Fsp3) is 0.545. The van der Waals surface area contributed by atoms with Gasteiger partial charge < -0.3 is 5.73 Å². The second-order valence-electron chi connectivity index (χ2n) is 5.10. The molecule has 0 saturated heterocycles. The summed E-state index contributed by atoms with van der Waals surface area (Å²) in [6, 6.07) is 1.89. The first-order valence-electron chi connectivity index (χ1n) is 5.37. The van der Waals surface area contributed by atoms with Gasteiger partial charge in [0.2, 0.25) is 0 Å². The largest absolute Gasteiger partial charge is 0.327 e. The van der Waals surface area contributed by atoms with Crippen LogP contribution in [0.1, 0.15) is 26.6 Å². The Hall–Kier alpha value is -1.49. The first-order chi connectivity index (χ1) is 7.48. The van der Waals surface area contributed by atoms with Gasteiger partial charge in [0.05, 0.1) is 0 Å². The van der Waals surface area contributed by atoms with Crippen LogP contribution in [0.5, 0.6) is 0 Å². The molecular weight excluding hydrogens is 202 g/mol. The maximum Gasteiger partial charge on any atom is 0.163 e. The van der Waals surface area contributed by atoms with Crippen molar-refractivity contribution in [3.8, 4) is 0 Å². The summed E-state index contributed by atoms with van der Waals surface area (Å²) in [7, 11) is 0. The second-order valence-corrected chi connectivity index (χ2v) is 5.10. The van der Waals surface area contributed by atoms with Crippen LogP contribution < -0.4 is 5.73 Å². The first-order valence-corrected chi connectivity index (χ1v) is 5.37. The number of nitrogens with zero attached hydrogens (tertiary/aromatic N) is 4. The standard InChI is InChI=1S/C11H17N5/c1-11(2,3)8(12)6-10-15-14-9-4-5-13-7-16(9)10/h4-5,7-8H,6,12H2,1-3H3.